The molecule has 9 aromatic carbocycles. The molecule has 0 bridgehead atoms. The quantitative estimate of drug-likeness (QED) is 0.168. The minimum atomic E-state index is 0.555. The van der Waals surface area contributed by atoms with E-state index >= 15 is 0 Å². The lowest BCUT2D eigenvalue weighted by atomic mass is 10.0. The van der Waals surface area contributed by atoms with E-state index in [0.717, 1.165) is 71.9 Å². The zero-order valence-electron chi connectivity index (χ0n) is 34.0. The summed E-state index contributed by atoms with van der Waals surface area (Å²) in [5.74, 6) is 1.73. The number of para-hydroxylation sites is 6. The van der Waals surface area contributed by atoms with Crippen molar-refractivity contribution in [1.82, 2.24) is 28.7 Å². The summed E-state index contributed by atoms with van der Waals surface area (Å²) < 4.78 is 6.90. The zero-order chi connectivity index (χ0) is 41.4. The van der Waals surface area contributed by atoms with Gasteiger partial charge in [0.2, 0.25) is 5.95 Å². The van der Waals surface area contributed by atoms with E-state index in [1.807, 2.05) is 0 Å². The van der Waals surface area contributed by atoms with Crippen molar-refractivity contribution in [1.29, 1.82) is 0 Å². The van der Waals surface area contributed by atoms with Gasteiger partial charge in [0, 0.05) is 49.1 Å². The van der Waals surface area contributed by atoms with Crippen molar-refractivity contribution in [3.63, 3.8) is 0 Å². The highest BCUT2D eigenvalue weighted by atomic mass is 15.2. The third-order valence-electron chi connectivity index (χ3n) is 12.5. The number of rotatable bonds is 6. The summed E-state index contributed by atoms with van der Waals surface area (Å²) in [5.41, 5.74) is 12.7. The Morgan fingerprint density at radius 2 is 0.714 bits per heavy atom. The molecular formula is C57H36N6. The van der Waals surface area contributed by atoms with Gasteiger partial charge in [-0.25, -0.2) is 4.98 Å². The van der Waals surface area contributed by atoms with Gasteiger partial charge in [-0.2, -0.15) is 9.97 Å². The van der Waals surface area contributed by atoms with E-state index in [4.69, 9.17) is 15.0 Å². The number of aromatic nitrogens is 6. The molecule has 0 saturated heterocycles. The van der Waals surface area contributed by atoms with Gasteiger partial charge < -0.3 is 9.13 Å². The van der Waals surface area contributed by atoms with Crippen molar-refractivity contribution >= 4 is 65.4 Å². The fraction of sp³-hybridized carbons (Fsp3) is 0. The second-order valence-electron chi connectivity index (χ2n) is 16.0. The topological polar surface area (TPSA) is 53.5 Å². The van der Waals surface area contributed by atoms with Crippen molar-refractivity contribution in [2.75, 3.05) is 0 Å². The molecule has 6 heteroatoms. The molecule has 13 aromatic rings. The van der Waals surface area contributed by atoms with Gasteiger partial charge in [-0.05, 0) is 71.8 Å². The Kier molecular flexibility index (Phi) is 7.80. The minimum absolute atomic E-state index is 0.555. The Morgan fingerprint density at radius 3 is 1.35 bits per heavy atom. The lowest BCUT2D eigenvalue weighted by Gasteiger charge is -2.15. The van der Waals surface area contributed by atoms with E-state index in [2.05, 4.69) is 232 Å². The SMILES string of the molecule is c1ccc(-c2ccc3c4ccccc4n(-c4ccccc4-c4nc(-c5ccc6c7ccccc7n(-c7ccccc7)c6c5)nc(-n5c6ccccc6c6ccccc65)n4)c3c2)cc1. The first-order valence-corrected chi connectivity index (χ1v) is 21.3. The van der Waals surface area contributed by atoms with E-state index in [1.54, 1.807) is 0 Å². The Hall–Kier alpha value is -8.61. The number of fused-ring (bicyclic) bond motifs is 9. The van der Waals surface area contributed by atoms with Crippen LogP contribution in [0.15, 0.2) is 218 Å². The van der Waals surface area contributed by atoms with E-state index in [-0.39, 0.29) is 0 Å². The van der Waals surface area contributed by atoms with Crippen LogP contribution in [-0.2, 0) is 0 Å². The Balaban J connectivity index is 1.10. The van der Waals surface area contributed by atoms with Crippen LogP contribution in [0.5, 0.6) is 0 Å². The van der Waals surface area contributed by atoms with Gasteiger partial charge in [0.05, 0.1) is 38.8 Å². The van der Waals surface area contributed by atoms with Gasteiger partial charge in [-0.3, -0.25) is 4.57 Å². The maximum atomic E-state index is 5.45. The molecule has 4 heterocycles. The summed E-state index contributed by atoms with van der Waals surface area (Å²) in [7, 11) is 0. The Morgan fingerprint density at radius 1 is 0.270 bits per heavy atom. The molecule has 0 atom stereocenters. The molecule has 0 aliphatic rings. The van der Waals surface area contributed by atoms with E-state index in [1.165, 1.54) is 27.1 Å². The molecule has 13 rings (SSSR count). The minimum Gasteiger partial charge on any atom is -0.309 e. The van der Waals surface area contributed by atoms with Gasteiger partial charge in [-0.1, -0.05) is 158 Å². The van der Waals surface area contributed by atoms with E-state index in [9.17, 15) is 0 Å². The van der Waals surface area contributed by atoms with Gasteiger partial charge in [0.1, 0.15) is 0 Å². The average molecular weight is 805 g/mol. The molecule has 6 nitrogen and oxygen atoms in total. The molecule has 0 saturated carbocycles. The highest BCUT2D eigenvalue weighted by Gasteiger charge is 2.22. The van der Waals surface area contributed by atoms with Crippen LogP contribution in [0.4, 0.5) is 0 Å². The molecule has 294 valence electrons. The molecule has 63 heavy (non-hydrogen) atoms. The summed E-state index contributed by atoms with van der Waals surface area (Å²) in [6.07, 6.45) is 0. The molecule has 0 aliphatic heterocycles. The van der Waals surface area contributed by atoms with Crippen LogP contribution in [0.1, 0.15) is 0 Å². The molecular weight excluding hydrogens is 769 g/mol. The van der Waals surface area contributed by atoms with Crippen LogP contribution in [0, 0.1) is 0 Å². The molecule has 0 N–H and O–H groups in total. The summed E-state index contributed by atoms with van der Waals surface area (Å²) in [6.45, 7) is 0. The molecule has 0 unspecified atom stereocenters. The van der Waals surface area contributed by atoms with Crippen molar-refractivity contribution in [2.24, 2.45) is 0 Å². The molecule has 0 aliphatic carbocycles. The van der Waals surface area contributed by atoms with Crippen LogP contribution in [0.3, 0.4) is 0 Å². The number of hydrogen-bond acceptors (Lipinski definition) is 3. The van der Waals surface area contributed by atoms with Crippen molar-refractivity contribution in [2.45, 2.75) is 0 Å². The molecule has 4 aromatic heterocycles. The van der Waals surface area contributed by atoms with Crippen LogP contribution >= 0.6 is 0 Å². The van der Waals surface area contributed by atoms with Gasteiger partial charge in [0.15, 0.2) is 11.6 Å². The van der Waals surface area contributed by atoms with Crippen molar-refractivity contribution < 1.29 is 0 Å². The monoisotopic (exact) mass is 804 g/mol. The van der Waals surface area contributed by atoms with Crippen LogP contribution < -0.4 is 0 Å². The van der Waals surface area contributed by atoms with E-state index < -0.39 is 0 Å². The first kappa shape index (κ1) is 35.2. The number of hydrogen-bond donors (Lipinski definition) is 0. The predicted octanol–water partition coefficient (Wildman–Crippen LogP) is 14.2. The highest BCUT2D eigenvalue weighted by molar-refractivity contribution is 6.12. The Bertz CT molecular complexity index is 3860. The molecule has 0 radical (unpaired) electrons. The largest absolute Gasteiger partial charge is 0.309 e. The lowest BCUT2D eigenvalue weighted by molar-refractivity contribution is 0.952. The maximum absolute atomic E-state index is 5.45. The van der Waals surface area contributed by atoms with Gasteiger partial charge in [-0.15, -0.1) is 0 Å². The number of nitrogens with zero attached hydrogens (tertiary/aromatic N) is 6. The summed E-state index contributed by atoms with van der Waals surface area (Å²) in [6, 6.07) is 77.3. The standard InChI is InChI=1S/C57H36N6/c1-3-17-37(18-4-1)38-31-33-46-44-24-8-13-27-49(44)62(54(46)35-38)52-30-16-11-25-47(52)56-58-55(59-57(60-56)63-50-28-14-9-21-41(50)42-22-10-15-29-51(42)63)39-32-34-45-43-23-7-12-26-48(43)61(53(45)36-39)40-19-5-2-6-20-40/h1-36H. The van der Waals surface area contributed by atoms with Crippen LogP contribution in [-0.4, -0.2) is 28.7 Å². The molecule has 0 fully saturated rings. The fourth-order valence-corrected chi connectivity index (χ4v) is 9.72. The average Bonchev–Trinajstić information content (AvgIpc) is 3.99. The van der Waals surface area contributed by atoms with Crippen LogP contribution in [0.2, 0.25) is 0 Å². The third-order valence-corrected chi connectivity index (χ3v) is 12.5. The second kappa shape index (κ2) is 14.0. The first-order chi connectivity index (χ1) is 31.3. The predicted molar refractivity (Wildman–Crippen MR) is 259 cm³/mol. The number of benzene rings is 9. The highest BCUT2D eigenvalue weighted by Crippen LogP contribution is 2.40. The summed E-state index contributed by atoms with van der Waals surface area (Å²) in [4.78, 5) is 16.3. The first-order valence-electron chi connectivity index (χ1n) is 21.3. The van der Waals surface area contributed by atoms with Crippen LogP contribution in [0.25, 0.3) is 117 Å². The normalized spacial score (nSPS) is 11.8. The third kappa shape index (κ3) is 5.48. The molecule has 0 amide bonds. The smallest absolute Gasteiger partial charge is 0.238 e. The van der Waals surface area contributed by atoms with E-state index in [0.29, 0.717) is 17.6 Å². The van der Waals surface area contributed by atoms with Gasteiger partial charge >= 0.3 is 0 Å². The zero-order valence-corrected chi connectivity index (χ0v) is 34.0. The Labute approximate surface area is 362 Å². The lowest BCUT2D eigenvalue weighted by Crippen LogP contribution is -2.08. The van der Waals surface area contributed by atoms with Gasteiger partial charge in [0.25, 0.3) is 0 Å². The second-order valence-corrected chi connectivity index (χ2v) is 16.0. The molecule has 0 spiro atoms. The maximum Gasteiger partial charge on any atom is 0.238 e. The van der Waals surface area contributed by atoms with Crippen molar-refractivity contribution in [3.8, 4) is 51.2 Å². The summed E-state index contributed by atoms with van der Waals surface area (Å²) >= 11 is 0. The van der Waals surface area contributed by atoms with Crippen molar-refractivity contribution in [3.05, 3.63) is 218 Å². The fourth-order valence-electron chi connectivity index (χ4n) is 9.72. The summed E-state index contributed by atoms with van der Waals surface area (Å²) in [5, 5.41) is 7.02.